The number of nitrogens with one attached hydrogen (secondary N) is 1. The van der Waals surface area contributed by atoms with Crippen LogP contribution in [0.1, 0.15) is 69.4 Å². The minimum Gasteiger partial charge on any atom is -0.496 e. The van der Waals surface area contributed by atoms with Crippen molar-refractivity contribution in [2.45, 2.75) is 76.0 Å². The average Bonchev–Trinajstić information content (AvgIpc) is 3.09. The Morgan fingerprint density at radius 3 is 2.53 bits per heavy atom. The minimum atomic E-state index is -0.705. The van der Waals surface area contributed by atoms with Gasteiger partial charge in [-0.2, -0.15) is 0 Å². The van der Waals surface area contributed by atoms with Crippen LogP contribution < -0.4 is 10.1 Å². The van der Waals surface area contributed by atoms with E-state index in [-0.39, 0.29) is 24.1 Å². The van der Waals surface area contributed by atoms with E-state index in [4.69, 9.17) is 9.47 Å². The van der Waals surface area contributed by atoms with E-state index in [0.29, 0.717) is 5.75 Å². The molecule has 0 aromatic heterocycles. The first-order valence-electron chi connectivity index (χ1n) is 11.2. The van der Waals surface area contributed by atoms with Gasteiger partial charge in [0.1, 0.15) is 18.0 Å². The molecule has 4 rings (SSSR count). The average molecular weight is 413 g/mol. The first-order valence-corrected chi connectivity index (χ1v) is 11.2. The normalized spacial score (nSPS) is 23.3. The zero-order valence-electron chi connectivity index (χ0n) is 18.0. The van der Waals surface area contributed by atoms with Gasteiger partial charge in [-0.1, -0.05) is 37.5 Å². The number of hydrogen-bond acceptors (Lipinski definition) is 5. The van der Waals surface area contributed by atoms with E-state index in [1.54, 1.807) is 7.11 Å². The zero-order valence-corrected chi connectivity index (χ0v) is 18.0. The molecule has 1 fully saturated rings. The van der Waals surface area contributed by atoms with E-state index in [1.165, 1.54) is 19.1 Å². The summed E-state index contributed by atoms with van der Waals surface area (Å²) >= 11 is 0. The molecule has 1 aromatic rings. The van der Waals surface area contributed by atoms with Gasteiger partial charge in [0.05, 0.1) is 14.2 Å². The van der Waals surface area contributed by atoms with Crippen LogP contribution in [0.5, 0.6) is 5.75 Å². The van der Waals surface area contributed by atoms with Crippen molar-refractivity contribution >= 4 is 11.9 Å². The number of para-hydroxylation sites is 1. The Bertz CT molecular complexity index is 828. The van der Waals surface area contributed by atoms with Crippen molar-refractivity contribution < 1.29 is 19.1 Å². The Morgan fingerprint density at radius 1 is 1.07 bits per heavy atom. The molecule has 1 aliphatic heterocycles. The Hall–Kier alpha value is -2.34. The largest absolute Gasteiger partial charge is 0.496 e. The molecule has 2 atom stereocenters. The Kier molecular flexibility index (Phi) is 6.42. The van der Waals surface area contributed by atoms with Gasteiger partial charge in [-0.3, -0.25) is 10.1 Å². The monoisotopic (exact) mass is 412 g/mol. The van der Waals surface area contributed by atoms with Crippen molar-refractivity contribution in [1.82, 2.24) is 10.2 Å². The van der Waals surface area contributed by atoms with Crippen LogP contribution in [0.4, 0.5) is 0 Å². The van der Waals surface area contributed by atoms with Gasteiger partial charge in [0.15, 0.2) is 0 Å². The maximum absolute atomic E-state index is 13.4. The maximum atomic E-state index is 13.4. The van der Waals surface area contributed by atoms with Gasteiger partial charge in [0.25, 0.3) is 5.91 Å². The number of ether oxygens (including phenoxy) is 2. The van der Waals surface area contributed by atoms with Crippen LogP contribution in [0.3, 0.4) is 0 Å². The SMILES string of the molecule is COC(=O)[C@@H](N[C@@H]1C2=C(CCCC2)C(=O)N1C1CCCCC1)c1ccccc1OC. The molecule has 0 spiro atoms. The maximum Gasteiger partial charge on any atom is 0.327 e. The molecule has 0 bridgehead atoms. The fraction of sp³-hybridized carbons (Fsp3) is 0.583. The molecule has 3 aliphatic rings. The Balaban J connectivity index is 1.70. The highest BCUT2D eigenvalue weighted by molar-refractivity contribution is 5.98. The summed E-state index contributed by atoms with van der Waals surface area (Å²) in [6.45, 7) is 0. The fourth-order valence-electron chi connectivity index (χ4n) is 5.30. The van der Waals surface area contributed by atoms with E-state index in [1.807, 2.05) is 29.2 Å². The van der Waals surface area contributed by atoms with Gasteiger partial charge < -0.3 is 14.4 Å². The zero-order chi connectivity index (χ0) is 21.1. The third-order valence-electron chi connectivity index (χ3n) is 6.79. The number of carbonyl (C=O) groups excluding carboxylic acids is 2. The van der Waals surface area contributed by atoms with Crippen LogP contribution in [-0.2, 0) is 14.3 Å². The number of rotatable bonds is 6. The lowest BCUT2D eigenvalue weighted by atomic mass is 9.91. The van der Waals surface area contributed by atoms with Crippen molar-refractivity contribution in [3.05, 3.63) is 41.0 Å². The molecule has 30 heavy (non-hydrogen) atoms. The molecule has 1 heterocycles. The molecule has 1 N–H and O–H groups in total. The van der Waals surface area contributed by atoms with Gasteiger partial charge >= 0.3 is 5.97 Å². The predicted molar refractivity (Wildman–Crippen MR) is 114 cm³/mol. The smallest absolute Gasteiger partial charge is 0.327 e. The summed E-state index contributed by atoms with van der Waals surface area (Å²) in [5.74, 6) is 0.421. The first kappa shape index (κ1) is 20.9. The highest BCUT2D eigenvalue weighted by atomic mass is 16.5. The van der Waals surface area contributed by atoms with E-state index in [2.05, 4.69) is 5.32 Å². The fourth-order valence-corrected chi connectivity index (χ4v) is 5.30. The number of esters is 1. The lowest BCUT2D eigenvalue weighted by molar-refractivity contribution is -0.145. The topological polar surface area (TPSA) is 67.9 Å². The summed E-state index contributed by atoms with van der Waals surface area (Å²) in [5, 5.41) is 3.53. The standard InChI is InChI=1S/C24H32N2O4/c1-29-20-15-9-8-14-19(20)21(24(28)30-2)25-22-17-12-6-7-13-18(17)23(27)26(22)16-10-4-3-5-11-16/h8-9,14-16,21-22,25H,3-7,10-13H2,1-2H3/t21-,22-/m0/s1. The molecular weight excluding hydrogens is 380 g/mol. The quantitative estimate of drug-likeness (QED) is 0.719. The number of methoxy groups -OCH3 is 2. The van der Waals surface area contributed by atoms with Crippen molar-refractivity contribution in [2.24, 2.45) is 0 Å². The number of carbonyl (C=O) groups is 2. The molecule has 1 amide bonds. The molecule has 6 nitrogen and oxygen atoms in total. The first-order chi connectivity index (χ1) is 14.7. The van der Waals surface area contributed by atoms with Crippen LogP contribution in [0.25, 0.3) is 0 Å². The molecular formula is C24H32N2O4. The Labute approximate surface area is 178 Å². The molecule has 2 aliphatic carbocycles. The number of benzene rings is 1. The van der Waals surface area contributed by atoms with Crippen LogP contribution in [0.2, 0.25) is 0 Å². The van der Waals surface area contributed by atoms with Gasteiger partial charge in [-0.25, -0.2) is 4.79 Å². The second-order valence-electron chi connectivity index (χ2n) is 8.48. The summed E-state index contributed by atoms with van der Waals surface area (Å²) in [4.78, 5) is 28.3. The summed E-state index contributed by atoms with van der Waals surface area (Å²) in [7, 11) is 3.00. The molecule has 0 saturated heterocycles. The van der Waals surface area contributed by atoms with Gasteiger partial charge in [0.2, 0.25) is 0 Å². The van der Waals surface area contributed by atoms with Gasteiger partial charge in [-0.05, 0) is 50.2 Å². The van der Waals surface area contributed by atoms with Gasteiger partial charge in [-0.15, -0.1) is 0 Å². The second kappa shape index (κ2) is 9.21. The lowest BCUT2D eigenvalue weighted by Gasteiger charge is -2.38. The van der Waals surface area contributed by atoms with E-state index < -0.39 is 6.04 Å². The number of nitrogens with zero attached hydrogens (tertiary/aromatic N) is 1. The third-order valence-corrected chi connectivity index (χ3v) is 6.79. The third kappa shape index (κ3) is 3.85. The van der Waals surface area contributed by atoms with Crippen molar-refractivity contribution in [3.8, 4) is 5.75 Å². The summed E-state index contributed by atoms with van der Waals surface area (Å²) in [5.41, 5.74) is 2.86. The highest BCUT2D eigenvalue weighted by Crippen LogP contribution is 2.40. The number of amides is 1. The van der Waals surface area contributed by atoms with E-state index in [9.17, 15) is 9.59 Å². The van der Waals surface area contributed by atoms with Crippen LogP contribution in [0.15, 0.2) is 35.4 Å². The predicted octanol–water partition coefficient (Wildman–Crippen LogP) is 3.87. The van der Waals surface area contributed by atoms with Gasteiger partial charge in [0, 0.05) is 17.2 Å². The van der Waals surface area contributed by atoms with Crippen molar-refractivity contribution in [3.63, 3.8) is 0 Å². The minimum absolute atomic E-state index is 0.165. The molecule has 0 radical (unpaired) electrons. The van der Waals surface area contributed by atoms with Crippen molar-refractivity contribution in [1.29, 1.82) is 0 Å². The molecule has 162 valence electrons. The Morgan fingerprint density at radius 2 is 1.80 bits per heavy atom. The van der Waals surface area contributed by atoms with Crippen LogP contribution >= 0.6 is 0 Å². The molecule has 1 aromatic carbocycles. The molecule has 6 heteroatoms. The van der Waals surface area contributed by atoms with E-state index >= 15 is 0 Å². The van der Waals surface area contributed by atoms with E-state index in [0.717, 1.165) is 62.5 Å². The second-order valence-corrected chi connectivity index (χ2v) is 8.48. The highest BCUT2D eigenvalue weighted by Gasteiger charge is 2.45. The van der Waals surface area contributed by atoms with Crippen molar-refractivity contribution in [2.75, 3.05) is 14.2 Å². The number of hydrogen-bond donors (Lipinski definition) is 1. The summed E-state index contributed by atoms with van der Waals surface area (Å²) < 4.78 is 10.7. The van der Waals surface area contributed by atoms with Crippen LogP contribution in [-0.4, -0.2) is 43.2 Å². The molecule has 0 unspecified atom stereocenters. The van der Waals surface area contributed by atoms with Crippen LogP contribution in [0, 0.1) is 0 Å². The summed E-state index contributed by atoms with van der Waals surface area (Å²) in [6.07, 6.45) is 9.22. The molecule has 1 saturated carbocycles. The lowest BCUT2D eigenvalue weighted by Crippen LogP contribution is -2.53. The summed E-state index contributed by atoms with van der Waals surface area (Å²) in [6, 6.07) is 7.02.